The second-order valence-corrected chi connectivity index (χ2v) is 9.51. The summed E-state index contributed by atoms with van der Waals surface area (Å²) < 4.78 is 15.0. The van der Waals surface area contributed by atoms with Crippen molar-refractivity contribution in [2.75, 3.05) is 26.2 Å². The number of benzene rings is 1. The first kappa shape index (κ1) is 26.1. The molecule has 0 spiro atoms. The van der Waals surface area contributed by atoms with Crippen LogP contribution in [0.1, 0.15) is 55.6 Å². The van der Waals surface area contributed by atoms with E-state index in [1.165, 1.54) is 18.3 Å². The summed E-state index contributed by atoms with van der Waals surface area (Å²) in [6.45, 7) is 7.73. The number of amides is 2. The Kier molecular flexibility index (Phi) is 8.05. The van der Waals surface area contributed by atoms with Gasteiger partial charge in [-0.3, -0.25) is 14.6 Å². The maximum Gasteiger partial charge on any atom is 0.274 e. The Hall–Kier alpha value is -3.95. The first-order valence-corrected chi connectivity index (χ1v) is 12.5. The van der Waals surface area contributed by atoms with Gasteiger partial charge in [-0.15, -0.1) is 0 Å². The summed E-state index contributed by atoms with van der Waals surface area (Å²) in [5.74, 6) is -0.357. The lowest BCUT2D eigenvalue weighted by Crippen LogP contribution is -2.55. The number of imidazole rings is 1. The van der Waals surface area contributed by atoms with Crippen molar-refractivity contribution >= 4 is 29.9 Å². The monoisotopic (exact) mass is 505 g/mol. The van der Waals surface area contributed by atoms with Crippen LogP contribution in [-0.4, -0.2) is 80.9 Å². The van der Waals surface area contributed by atoms with E-state index < -0.39 is 0 Å². The molecule has 1 aliphatic heterocycles. The SMILES string of the molecule is CC(C)c1cc(-c2ccc(F)cc2)nn2cc(C(=O)N3CCN(C(=O)CCN=CCC=N)C(C)C3)nc12. The number of nitrogens with zero attached hydrogens (tertiary/aromatic N) is 6. The Bertz CT molecular complexity index is 1320. The molecule has 2 aromatic heterocycles. The molecule has 1 atom stereocenters. The van der Waals surface area contributed by atoms with Crippen LogP contribution in [-0.2, 0) is 4.79 Å². The van der Waals surface area contributed by atoms with Crippen LogP contribution >= 0.6 is 0 Å². The molecule has 3 aromatic rings. The molecule has 1 aliphatic rings. The fourth-order valence-corrected chi connectivity index (χ4v) is 4.49. The summed E-state index contributed by atoms with van der Waals surface area (Å²) in [7, 11) is 0. The predicted molar refractivity (Wildman–Crippen MR) is 141 cm³/mol. The quantitative estimate of drug-likeness (QED) is 0.470. The number of halogens is 1. The van der Waals surface area contributed by atoms with Crippen LogP contribution in [0.4, 0.5) is 4.39 Å². The van der Waals surface area contributed by atoms with Gasteiger partial charge >= 0.3 is 0 Å². The maximum atomic E-state index is 13.4. The van der Waals surface area contributed by atoms with Gasteiger partial charge in [0.2, 0.25) is 5.91 Å². The van der Waals surface area contributed by atoms with E-state index >= 15 is 0 Å². The fourth-order valence-electron chi connectivity index (χ4n) is 4.49. The highest BCUT2D eigenvalue weighted by molar-refractivity contribution is 5.93. The predicted octanol–water partition coefficient (Wildman–Crippen LogP) is 3.83. The minimum Gasteiger partial charge on any atom is -0.336 e. The molecule has 0 saturated carbocycles. The first-order valence-electron chi connectivity index (χ1n) is 12.5. The molecule has 0 radical (unpaired) electrons. The molecule has 1 N–H and O–H groups in total. The first-order chi connectivity index (χ1) is 17.8. The van der Waals surface area contributed by atoms with Crippen molar-refractivity contribution in [2.45, 2.75) is 45.6 Å². The molecule has 1 unspecified atom stereocenters. The normalized spacial score (nSPS) is 16.2. The third-order valence-corrected chi connectivity index (χ3v) is 6.48. The number of rotatable bonds is 8. The van der Waals surface area contributed by atoms with Crippen LogP contribution in [0.5, 0.6) is 0 Å². The molecule has 1 saturated heterocycles. The molecule has 9 nitrogen and oxygen atoms in total. The zero-order chi connectivity index (χ0) is 26.5. The van der Waals surface area contributed by atoms with Crippen LogP contribution in [0.25, 0.3) is 16.9 Å². The summed E-state index contributed by atoms with van der Waals surface area (Å²) in [6, 6.07) is 7.98. The van der Waals surface area contributed by atoms with Crippen LogP contribution in [0.3, 0.4) is 0 Å². The van der Waals surface area contributed by atoms with E-state index in [1.54, 1.807) is 38.9 Å². The highest BCUT2D eigenvalue weighted by Gasteiger charge is 2.31. The van der Waals surface area contributed by atoms with Crippen molar-refractivity contribution in [1.82, 2.24) is 24.4 Å². The number of piperazine rings is 1. The standard InChI is InChI=1S/C27H32FN7O2/c1-18(2)22-15-23(20-5-7-21(28)8-6-20)32-35-17-24(31-26(22)35)27(37)33-13-14-34(19(3)16-33)25(36)9-12-30-11-4-10-29/h5-8,10-11,15,17-19,29H,4,9,12-14,16H2,1-3H3. The molecule has 2 amide bonds. The molecule has 3 heterocycles. The van der Waals surface area contributed by atoms with Crippen molar-refractivity contribution < 1.29 is 14.0 Å². The summed E-state index contributed by atoms with van der Waals surface area (Å²) in [5.41, 5.74) is 3.32. The number of hydrogen-bond donors (Lipinski definition) is 1. The molecule has 194 valence electrons. The highest BCUT2D eigenvalue weighted by atomic mass is 19.1. The lowest BCUT2D eigenvalue weighted by Gasteiger charge is -2.39. The van der Waals surface area contributed by atoms with Crippen LogP contribution in [0, 0.1) is 11.2 Å². The molecular formula is C27H32FN7O2. The van der Waals surface area contributed by atoms with Gasteiger partial charge in [-0.1, -0.05) is 13.8 Å². The van der Waals surface area contributed by atoms with E-state index in [1.807, 2.05) is 13.0 Å². The van der Waals surface area contributed by atoms with Crippen molar-refractivity contribution in [2.24, 2.45) is 4.99 Å². The van der Waals surface area contributed by atoms with Gasteiger partial charge in [-0.25, -0.2) is 13.9 Å². The summed E-state index contributed by atoms with van der Waals surface area (Å²) >= 11 is 0. The molecule has 10 heteroatoms. The summed E-state index contributed by atoms with van der Waals surface area (Å²) in [5, 5.41) is 11.6. The Morgan fingerprint density at radius 3 is 2.68 bits per heavy atom. The second kappa shape index (κ2) is 11.4. The van der Waals surface area contributed by atoms with Crippen molar-refractivity contribution in [3.8, 4) is 11.3 Å². The fraction of sp³-hybridized carbons (Fsp3) is 0.407. The molecule has 0 aliphatic carbocycles. The highest BCUT2D eigenvalue weighted by Crippen LogP contribution is 2.26. The molecule has 1 aromatic carbocycles. The number of aromatic nitrogens is 3. The lowest BCUT2D eigenvalue weighted by molar-refractivity contribution is -0.135. The lowest BCUT2D eigenvalue weighted by atomic mass is 10.0. The van der Waals surface area contributed by atoms with Gasteiger partial charge in [0, 0.05) is 68.6 Å². The Morgan fingerprint density at radius 1 is 1.24 bits per heavy atom. The smallest absolute Gasteiger partial charge is 0.274 e. The third-order valence-electron chi connectivity index (χ3n) is 6.48. The number of nitrogens with one attached hydrogen (secondary N) is 1. The van der Waals surface area contributed by atoms with E-state index in [0.29, 0.717) is 56.1 Å². The third kappa shape index (κ3) is 5.90. The topological polar surface area (TPSA) is 107 Å². The molecule has 37 heavy (non-hydrogen) atoms. The number of fused-ring (bicyclic) bond motifs is 1. The summed E-state index contributed by atoms with van der Waals surface area (Å²) in [6.07, 6.45) is 5.31. The number of carbonyl (C=O) groups is 2. The van der Waals surface area contributed by atoms with Gasteiger partial charge in [0.05, 0.1) is 11.9 Å². The largest absolute Gasteiger partial charge is 0.336 e. The average Bonchev–Trinajstić information content (AvgIpc) is 3.32. The zero-order valence-corrected chi connectivity index (χ0v) is 21.4. The van der Waals surface area contributed by atoms with Gasteiger partial charge in [0.25, 0.3) is 5.91 Å². The van der Waals surface area contributed by atoms with Gasteiger partial charge in [0.15, 0.2) is 5.65 Å². The van der Waals surface area contributed by atoms with Gasteiger partial charge in [-0.05, 0) is 43.2 Å². The minimum atomic E-state index is -0.312. The van der Waals surface area contributed by atoms with E-state index in [0.717, 1.165) is 11.1 Å². The number of hydrogen-bond acceptors (Lipinski definition) is 6. The maximum absolute atomic E-state index is 13.4. The minimum absolute atomic E-state index is 0.0124. The molecule has 4 rings (SSSR count). The van der Waals surface area contributed by atoms with Crippen molar-refractivity contribution in [3.05, 3.63) is 53.6 Å². The Morgan fingerprint density at radius 2 is 2.00 bits per heavy atom. The van der Waals surface area contributed by atoms with Crippen LogP contribution in [0.15, 0.2) is 41.5 Å². The van der Waals surface area contributed by atoms with E-state index in [4.69, 9.17) is 5.41 Å². The Balaban J connectivity index is 1.50. The summed E-state index contributed by atoms with van der Waals surface area (Å²) in [4.78, 5) is 38.3. The van der Waals surface area contributed by atoms with Crippen LogP contribution in [0.2, 0.25) is 0 Å². The molecule has 0 bridgehead atoms. The number of aliphatic imine (C=N–C) groups is 1. The van der Waals surface area contributed by atoms with E-state index in [2.05, 4.69) is 28.9 Å². The molecule has 1 fully saturated rings. The second-order valence-electron chi connectivity index (χ2n) is 9.51. The van der Waals surface area contributed by atoms with Crippen LogP contribution < -0.4 is 0 Å². The average molecular weight is 506 g/mol. The van der Waals surface area contributed by atoms with Crippen molar-refractivity contribution in [3.63, 3.8) is 0 Å². The van der Waals surface area contributed by atoms with E-state index in [-0.39, 0.29) is 29.6 Å². The number of carbonyl (C=O) groups excluding carboxylic acids is 2. The van der Waals surface area contributed by atoms with Crippen molar-refractivity contribution in [1.29, 1.82) is 5.41 Å². The van der Waals surface area contributed by atoms with E-state index in [9.17, 15) is 14.0 Å². The van der Waals surface area contributed by atoms with Gasteiger partial charge in [0.1, 0.15) is 11.5 Å². The Labute approximate surface area is 215 Å². The van der Waals surface area contributed by atoms with Gasteiger partial charge in [-0.2, -0.15) is 5.10 Å². The van der Waals surface area contributed by atoms with Gasteiger partial charge < -0.3 is 15.2 Å². The zero-order valence-electron chi connectivity index (χ0n) is 21.4. The molecular weight excluding hydrogens is 473 g/mol.